The summed E-state index contributed by atoms with van der Waals surface area (Å²) in [6, 6.07) is 4.21. The van der Waals surface area contributed by atoms with E-state index in [1.54, 1.807) is 0 Å². The molecule has 0 fully saturated rings. The molecule has 0 aliphatic rings. The third-order valence-electron chi connectivity index (χ3n) is 3.36. The van der Waals surface area contributed by atoms with Gasteiger partial charge in [-0.1, -0.05) is 43.1 Å². The lowest BCUT2D eigenvalue weighted by molar-refractivity contribution is 0.443. The molecule has 0 saturated carbocycles. The van der Waals surface area contributed by atoms with E-state index in [0.29, 0.717) is 16.9 Å². The quantitative estimate of drug-likeness (QED) is 0.724. The summed E-state index contributed by atoms with van der Waals surface area (Å²) in [4.78, 5) is 8.67. The molecular formula is C17H21ClN2O. The van der Waals surface area contributed by atoms with E-state index in [1.807, 2.05) is 20.8 Å². The molecule has 0 amide bonds. The summed E-state index contributed by atoms with van der Waals surface area (Å²) in [5.74, 6) is 2.20. The number of benzene rings is 1. The van der Waals surface area contributed by atoms with Gasteiger partial charge in [0.05, 0.1) is 5.56 Å². The predicted molar refractivity (Wildman–Crippen MR) is 86.6 cm³/mol. The smallest absolute Gasteiger partial charge is 0.227 e. The van der Waals surface area contributed by atoms with Crippen molar-refractivity contribution in [1.29, 1.82) is 0 Å². The van der Waals surface area contributed by atoms with Gasteiger partial charge in [0, 0.05) is 0 Å². The molecule has 1 aromatic carbocycles. The normalized spacial score (nSPS) is 11.0. The van der Waals surface area contributed by atoms with Crippen LogP contribution in [-0.4, -0.2) is 9.97 Å². The van der Waals surface area contributed by atoms with Crippen molar-refractivity contribution >= 4 is 11.6 Å². The zero-order valence-electron chi connectivity index (χ0n) is 13.4. The largest absolute Gasteiger partial charge is 0.438 e. The molecule has 3 nitrogen and oxygen atoms in total. The Balaban J connectivity index is 2.54. The molecule has 112 valence electrons. The van der Waals surface area contributed by atoms with Crippen LogP contribution in [0.25, 0.3) is 0 Å². The maximum absolute atomic E-state index is 6.27. The lowest BCUT2D eigenvalue weighted by atomic mass is 10.1. The first-order valence-corrected chi connectivity index (χ1v) is 7.47. The number of aromatic nitrogens is 2. The van der Waals surface area contributed by atoms with E-state index in [9.17, 15) is 0 Å². The first-order chi connectivity index (χ1) is 9.79. The standard InChI is InChI=1S/C17H21ClN2O/c1-9(2)14-16(18)19-13(6)20-17(14)21-15-11(4)7-10(3)8-12(15)5/h7-9H,1-6H3. The Morgan fingerprint density at radius 1 is 1.00 bits per heavy atom. The zero-order valence-corrected chi connectivity index (χ0v) is 14.2. The van der Waals surface area contributed by atoms with Gasteiger partial charge in [-0.2, -0.15) is 4.98 Å². The number of ether oxygens (including phenoxy) is 1. The van der Waals surface area contributed by atoms with E-state index in [1.165, 1.54) is 5.56 Å². The molecule has 0 saturated heterocycles. The van der Waals surface area contributed by atoms with Crippen LogP contribution in [0.4, 0.5) is 0 Å². The third kappa shape index (κ3) is 3.35. The Bertz CT molecular complexity index is 658. The van der Waals surface area contributed by atoms with Crippen molar-refractivity contribution in [2.45, 2.75) is 47.5 Å². The van der Waals surface area contributed by atoms with Crippen LogP contribution in [0.2, 0.25) is 5.15 Å². The van der Waals surface area contributed by atoms with Gasteiger partial charge >= 0.3 is 0 Å². The van der Waals surface area contributed by atoms with Crippen LogP contribution >= 0.6 is 11.6 Å². The van der Waals surface area contributed by atoms with E-state index in [-0.39, 0.29) is 5.92 Å². The first kappa shape index (κ1) is 15.8. The van der Waals surface area contributed by atoms with Gasteiger partial charge in [-0.15, -0.1) is 0 Å². The lowest BCUT2D eigenvalue weighted by Crippen LogP contribution is -2.04. The monoisotopic (exact) mass is 304 g/mol. The number of halogens is 1. The van der Waals surface area contributed by atoms with Crippen molar-refractivity contribution in [2.75, 3.05) is 0 Å². The Kier molecular flexibility index (Phi) is 4.52. The summed E-state index contributed by atoms with van der Waals surface area (Å²) in [7, 11) is 0. The van der Waals surface area contributed by atoms with Crippen molar-refractivity contribution in [2.24, 2.45) is 0 Å². The Labute approximate surface area is 131 Å². The second-order valence-corrected chi connectivity index (χ2v) is 6.12. The van der Waals surface area contributed by atoms with Gasteiger partial charge in [0.15, 0.2) is 0 Å². The number of hydrogen-bond acceptors (Lipinski definition) is 3. The van der Waals surface area contributed by atoms with Crippen LogP contribution in [0, 0.1) is 27.7 Å². The van der Waals surface area contributed by atoms with E-state index >= 15 is 0 Å². The van der Waals surface area contributed by atoms with Crippen LogP contribution in [0.5, 0.6) is 11.6 Å². The highest BCUT2D eigenvalue weighted by Gasteiger charge is 2.18. The molecule has 0 aliphatic carbocycles. The highest BCUT2D eigenvalue weighted by molar-refractivity contribution is 6.30. The molecule has 0 bridgehead atoms. The number of aryl methyl sites for hydroxylation is 4. The third-order valence-corrected chi connectivity index (χ3v) is 3.64. The average Bonchev–Trinajstić information content (AvgIpc) is 2.32. The summed E-state index contributed by atoms with van der Waals surface area (Å²) < 4.78 is 6.11. The topological polar surface area (TPSA) is 35.0 Å². The molecule has 0 unspecified atom stereocenters. The van der Waals surface area contributed by atoms with Crippen molar-refractivity contribution in [3.63, 3.8) is 0 Å². The maximum Gasteiger partial charge on any atom is 0.227 e. The first-order valence-electron chi connectivity index (χ1n) is 7.09. The van der Waals surface area contributed by atoms with Gasteiger partial charge in [0.1, 0.15) is 16.7 Å². The fourth-order valence-corrected chi connectivity index (χ4v) is 2.93. The molecule has 0 N–H and O–H groups in total. The zero-order chi connectivity index (χ0) is 15.7. The average molecular weight is 305 g/mol. The second-order valence-electron chi connectivity index (χ2n) is 5.77. The summed E-state index contributed by atoms with van der Waals surface area (Å²) in [5.41, 5.74) is 4.25. The van der Waals surface area contributed by atoms with Crippen LogP contribution in [0.1, 0.15) is 47.8 Å². The maximum atomic E-state index is 6.27. The minimum Gasteiger partial charge on any atom is -0.438 e. The lowest BCUT2D eigenvalue weighted by Gasteiger charge is -2.17. The van der Waals surface area contributed by atoms with Crippen LogP contribution in [0.3, 0.4) is 0 Å². The number of hydrogen-bond donors (Lipinski definition) is 0. The number of nitrogens with zero attached hydrogens (tertiary/aromatic N) is 2. The Hall–Kier alpha value is -1.61. The summed E-state index contributed by atoms with van der Waals surface area (Å²) >= 11 is 6.27. The minimum atomic E-state index is 0.194. The van der Waals surface area contributed by atoms with E-state index in [4.69, 9.17) is 16.3 Å². The SMILES string of the molecule is Cc1cc(C)c(Oc2nc(C)nc(Cl)c2C(C)C)c(C)c1. The summed E-state index contributed by atoms with van der Waals surface area (Å²) in [6.45, 7) is 12.1. The molecule has 2 aromatic rings. The van der Waals surface area contributed by atoms with Crippen LogP contribution in [-0.2, 0) is 0 Å². The molecule has 0 atom stereocenters. The van der Waals surface area contributed by atoms with Crippen LogP contribution in [0.15, 0.2) is 12.1 Å². The number of rotatable bonds is 3. The van der Waals surface area contributed by atoms with Gasteiger partial charge in [-0.05, 0) is 44.7 Å². The van der Waals surface area contributed by atoms with E-state index < -0.39 is 0 Å². The fourth-order valence-electron chi connectivity index (χ4n) is 2.51. The fraction of sp³-hybridized carbons (Fsp3) is 0.412. The molecule has 1 heterocycles. The molecule has 0 aliphatic heterocycles. The molecule has 1 aromatic heterocycles. The van der Waals surface area contributed by atoms with Crippen molar-refractivity contribution in [3.8, 4) is 11.6 Å². The van der Waals surface area contributed by atoms with Gasteiger partial charge in [0.25, 0.3) is 0 Å². The molecular weight excluding hydrogens is 284 g/mol. The molecule has 0 radical (unpaired) electrons. The highest BCUT2D eigenvalue weighted by Crippen LogP contribution is 2.36. The highest BCUT2D eigenvalue weighted by atomic mass is 35.5. The van der Waals surface area contributed by atoms with E-state index in [0.717, 1.165) is 22.4 Å². The van der Waals surface area contributed by atoms with Crippen molar-refractivity contribution in [1.82, 2.24) is 9.97 Å². The van der Waals surface area contributed by atoms with Gasteiger partial charge in [-0.3, -0.25) is 0 Å². The summed E-state index contributed by atoms with van der Waals surface area (Å²) in [5, 5.41) is 0.468. The van der Waals surface area contributed by atoms with Crippen molar-refractivity contribution < 1.29 is 4.74 Å². The van der Waals surface area contributed by atoms with Gasteiger partial charge in [0.2, 0.25) is 5.88 Å². The van der Waals surface area contributed by atoms with Crippen LogP contribution < -0.4 is 4.74 Å². The second kappa shape index (κ2) is 6.02. The minimum absolute atomic E-state index is 0.194. The van der Waals surface area contributed by atoms with Gasteiger partial charge in [-0.25, -0.2) is 4.98 Å². The molecule has 2 rings (SSSR count). The van der Waals surface area contributed by atoms with Gasteiger partial charge < -0.3 is 4.74 Å². The van der Waals surface area contributed by atoms with E-state index in [2.05, 4.69) is 42.9 Å². The Morgan fingerprint density at radius 3 is 2.10 bits per heavy atom. The summed E-state index contributed by atoms with van der Waals surface area (Å²) in [6.07, 6.45) is 0. The predicted octanol–water partition coefficient (Wildman–Crippen LogP) is 5.28. The Morgan fingerprint density at radius 2 is 1.57 bits per heavy atom. The molecule has 21 heavy (non-hydrogen) atoms. The molecule has 0 spiro atoms. The van der Waals surface area contributed by atoms with Crippen molar-refractivity contribution in [3.05, 3.63) is 45.4 Å². The molecule has 4 heteroatoms.